The Morgan fingerprint density at radius 1 is 1.44 bits per heavy atom. The zero-order chi connectivity index (χ0) is 12.5. The van der Waals surface area contributed by atoms with Gasteiger partial charge in [0.2, 0.25) is 5.13 Å². The molecule has 0 unspecified atom stereocenters. The minimum atomic E-state index is 0.486. The van der Waals surface area contributed by atoms with Gasteiger partial charge < -0.3 is 9.47 Å². The normalized spacial score (nSPS) is 16.3. The summed E-state index contributed by atoms with van der Waals surface area (Å²) in [7, 11) is 0. The average Bonchev–Trinajstić information content (AvgIpc) is 2.93. The average molecular weight is 263 g/mol. The van der Waals surface area contributed by atoms with E-state index in [0.29, 0.717) is 11.8 Å². The first-order valence-corrected chi connectivity index (χ1v) is 7.14. The van der Waals surface area contributed by atoms with Gasteiger partial charge in [0.25, 0.3) is 0 Å². The number of rotatable bonds is 4. The highest BCUT2D eigenvalue weighted by Crippen LogP contribution is 2.27. The number of anilines is 1. The molecule has 5 nitrogen and oxygen atoms in total. The summed E-state index contributed by atoms with van der Waals surface area (Å²) < 4.78 is 2.28. The van der Waals surface area contributed by atoms with Crippen LogP contribution in [0.3, 0.4) is 0 Å². The summed E-state index contributed by atoms with van der Waals surface area (Å²) in [6, 6.07) is 0. The second-order valence-electron chi connectivity index (χ2n) is 5.08. The lowest BCUT2D eigenvalue weighted by atomic mass is 10.0. The van der Waals surface area contributed by atoms with Gasteiger partial charge in [-0.3, -0.25) is 0 Å². The molecule has 3 rings (SSSR count). The van der Waals surface area contributed by atoms with Crippen LogP contribution in [0.5, 0.6) is 0 Å². The van der Waals surface area contributed by atoms with Gasteiger partial charge in [-0.05, 0) is 0 Å². The van der Waals surface area contributed by atoms with E-state index in [-0.39, 0.29) is 0 Å². The largest absolute Gasteiger partial charge is 0.346 e. The van der Waals surface area contributed by atoms with Crippen LogP contribution in [0.25, 0.3) is 0 Å². The minimum absolute atomic E-state index is 0.486. The SMILES string of the molecule is CC(C)c1nccn1CC1CN(c2nncs2)C1. The summed E-state index contributed by atoms with van der Waals surface area (Å²) in [6.45, 7) is 7.58. The fourth-order valence-corrected chi connectivity index (χ4v) is 2.98. The molecule has 2 aromatic rings. The molecule has 0 N–H and O–H groups in total. The molecular formula is C12H17N5S. The fourth-order valence-electron chi connectivity index (χ4n) is 2.40. The van der Waals surface area contributed by atoms with Crippen molar-refractivity contribution >= 4 is 16.5 Å². The zero-order valence-electron chi connectivity index (χ0n) is 10.7. The maximum absolute atomic E-state index is 4.43. The van der Waals surface area contributed by atoms with Crippen LogP contribution in [0, 0.1) is 5.92 Å². The molecule has 1 saturated heterocycles. The molecule has 1 aliphatic heterocycles. The molecule has 96 valence electrons. The van der Waals surface area contributed by atoms with Crippen molar-refractivity contribution in [3.63, 3.8) is 0 Å². The number of aromatic nitrogens is 4. The number of hydrogen-bond donors (Lipinski definition) is 0. The van der Waals surface area contributed by atoms with E-state index in [1.54, 1.807) is 16.8 Å². The molecule has 0 spiro atoms. The maximum atomic E-state index is 4.43. The monoisotopic (exact) mass is 263 g/mol. The van der Waals surface area contributed by atoms with Gasteiger partial charge in [0.1, 0.15) is 11.3 Å². The van der Waals surface area contributed by atoms with Crippen molar-refractivity contribution in [2.24, 2.45) is 5.92 Å². The summed E-state index contributed by atoms with van der Waals surface area (Å²) in [5.74, 6) is 2.37. The van der Waals surface area contributed by atoms with Crippen molar-refractivity contribution in [2.75, 3.05) is 18.0 Å². The van der Waals surface area contributed by atoms with Crippen molar-refractivity contribution in [2.45, 2.75) is 26.3 Å². The van der Waals surface area contributed by atoms with Gasteiger partial charge in [-0.15, -0.1) is 10.2 Å². The van der Waals surface area contributed by atoms with E-state index >= 15 is 0 Å². The van der Waals surface area contributed by atoms with E-state index < -0.39 is 0 Å². The summed E-state index contributed by atoms with van der Waals surface area (Å²) in [5.41, 5.74) is 1.79. The van der Waals surface area contributed by atoms with Gasteiger partial charge in [-0.25, -0.2) is 4.98 Å². The quantitative estimate of drug-likeness (QED) is 0.846. The fraction of sp³-hybridized carbons (Fsp3) is 0.583. The van der Waals surface area contributed by atoms with Gasteiger partial charge in [0, 0.05) is 43.9 Å². The number of imidazole rings is 1. The molecular weight excluding hydrogens is 246 g/mol. The maximum Gasteiger partial charge on any atom is 0.208 e. The van der Waals surface area contributed by atoms with Gasteiger partial charge in [0.05, 0.1) is 0 Å². The highest BCUT2D eigenvalue weighted by Gasteiger charge is 2.29. The van der Waals surface area contributed by atoms with Crippen LogP contribution in [0.1, 0.15) is 25.6 Å². The van der Waals surface area contributed by atoms with Crippen LogP contribution in [0.2, 0.25) is 0 Å². The first kappa shape index (κ1) is 11.6. The number of nitrogens with zero attached hydrogens (tertiary/aromatic N) is 5. The molecule has 0 aromatic carbocycles. The zero-order valence-corrected chi connectivity index (χ0v) is 11.5. The lowest BCUT2D eigenvalue weighted by Gasteiger charge is -2.39. The van der Waals surface area contributed by atoms with Crippen LogP contribution < -0.4 is 4.90 Å². The van der Waals surface area contributed by atoms with Crippen LogP contribution in [0.15, 0.2) is 17.9 Å². The first-order chi connectivity index (χ1) is 8.74. The Morgan fingerprint density at radius 2 is 2.28 bits per heavy atom. The molecule has 6 heteroatoms. The molecule has 0 saturated carbocycles. The van der Waals surface area contributed by atoms with Crippen molar-refractivity contribution in [1.29, 1.82) is 0 Å². The van der Waals surface area contributed by atoms with Crippen molar-refractivity contribution < 1.29 is 0 Å². The molecule has 3 heterocycles. The van der Waals surface area contributed by atoms with Gasteiger partial charge in [-0.1, -0.05) is 25.2 Å². The van der Waals surface area contributed by atoms with Crippen LogP contribution in [0.4, 0.5) is 5.13 Å². The summed E-state index contributed by atoms with van der Waals surface area (Å²) in [6.07, 6.45) is 3.99. The van der Waals surface area contributed by atoms with Crippen molar-refractivity contribution in [3.05, 3.63) is 23.7 Å². The third kappa shape index (κ3) is 2.12. The predicted octanol–water partition coefficient (Wildman–Crippen LogP) is 1.99. The molecule has 1 fully saturated rings. The van der Waals surface area contributed by atoms with Crippen LogP contribution in [-0.2, 0) is 6.54 Å². The third-order valence-electron chi connectivity index (χ3n) is 3.30. The Balaban J connectivity index is 1.58. The van der Waals surface area contributed by atoms with E-state index in [9.17, 15) is 0 Å². The summed E-state index contributed by atoms with van der Waals surface area (Å²) in [5, 5.41) is 9.01. The van der Waals surface area contributed by atoms with E-state index in [2.05, 4.69) is 44.7 Å². The second-order valence-corrected chi connectivity index (χ2v) is 5.90. The predicted molar refractivity (Wildman–Crippen MR) is 71.9 cm³/mol. The van der Waals surface area contributed by atoms with Gasteiger partial charge in [0.15, 0.2) is 0 Å². The molecule has 18 heavy (non-hydrogen) atoms. The van der Waals surface area contributed by atoms with E-state index in [4.69, 9.17) is 0 Å². The lowest BCUT2D eigenvalue weighted by molar-refractivity contribution is 0.350. The molecule has 0 bridgehead atoms. The van der Waals surface area contributed by atoms with E-state index in [1.807, 2.05) is 6.20 Å². The standard InChI is InChI=1S/C12H17N5S/c1-9(2)11-13-3-4-16(11)5-10-6-17(7-10)12-15-14-8-18-12/h3-4,8-10H,5-7H2,1-2H3. The van der Waals surface area contributed by atoms with Gasteiger partial charge in [-0.2, -0.15) is 0 Å². The Hall–Kier alpha value is -1.43. The van der Waals surface area contributed by atoms with Gasteiger partial charge >= 0.3 is 0 Å². The smallest absolute Gasteiger partial charge is 0.208 e. The first-order valence-electron chi connectivity index (χ1n) is 6.26. The molecule has 0 atom stereocenters. The highest BCUT2D eigenvalue weighted by molar-refractivity contribution is 7.13. The molecule has 1 aliphatic rings. The van der Waals surface area contributed by atoms with Crippen LogP contribution >= 0.6 is 11.3 Å². The lowest BCUT2D eigenvalue weighted by Crippen LogP contribution is -2.48. The Bertz CT molecular complexity index is 498. The van der Waals surface area contributed by atoms with Crippen LogP contribution in [-0.4, -0.2) is 32.8 Å². The van der Waals surface area contributed by atoms with Crippen molar-refractivity contribution in [1.82, 2.24) is 19.7 Å². The summed E-state index contributed by atoms with van der Waals surface area (Å²) in [4.78, 5) is 6.71. The van der Waals surface area contributed by atoms with E-state index in [1.165, 1.54) is 5.82 Å². The Labute approximate surface area is 110 Å². The molecule has 2 aromatic heterocycles. The highest BCUT2D eigenvalue weighted by atomic mass is 32.1. The molecule has 0 amide bonds. The summed E-state index contributed by atoms with van der Waals surface area (Å²) >= 11 is 1.61. The molecule has 0 radical (unpaired) electrons. The van der Waals surface area contributed by atoms with E-state index in [0.717, 1.165) is 24.8 Å². The second kappa shape index (κ2) is 4.68. The molecule has 0 aliphatic carbocycles. The Morgan fingerprint density at radius 3 is 2.94 bits per heavy atom. The number of hydrogen-bond acceptors (Lipinski definition) is 5. The van der Waals surface area contributed by atoms with Crippen molar-refractivity contribution in [3.8, 4) is 0 Å². The third-order valence-corrected chi connectivity index (χ3v) is 4.05. The Kier molecular flexibility index (Phi) is 3.03. The minimum Gasteiger partial charge on any atom is -0.346 e. The topological polar surface area (TPSA) is 46.8 Å².